The highest BCUT2D eigenvalue weighted by atomic mass is 79.9. The van der Waals surface area contributed by atoms with E-state index in [0.717, 1.165) is 0 Å². The van der Waals surface area contributed by atoms with Crippen molar-refractivity contribution in [2.24, 2.45) is 0 Å². The molecule has 1 unspecified atom stereocenters. The topological polar surface area (TPSA) is 40.5 Å². The number of amides is 1. The fraction of sp³-hybridized carbons (Fsp3) is 0.875. The van der Waals surface area contributed by atoms with Crippen LogP contribution in [0.15, 0.2) is 0 Å². The summed E-state index contributed by atoms with van der Waals surface area (Å²) in [6, 6.07) is 0. The maximum Gasteiger partial charge on any atom is 0.224 e. The summed E-state index contributed by atoms with van der Waals surface area (Å²) >= 11 is 3.40. The second-order valence-electron chi connectivity index (χ2n) is 3.78. The summed E-state index contributed by atoms with van der Waals surface area (Å²) < 4.78 is 0. The van der Waals surface area contributed by atoms with Crippen molar-refractivity contribution in [3.05, 3.63) is 0 Å². The van der Waals surface area contributed by atoms with Gasteiger partial charge in [0.25, 0.3) is 0 Å². The van der Waals surface area contributed by atoms with E-state index in [1.807, 2.05) is 13.8 Å². The molecule has 0 radical (unpaired) electrons. The van der Waals surface area contributed by atoms with Gasteiger partial charge in [0.1, 0.15) is 0 Å². The lowest BCUT2D eigenvalue weighted by atomic mass is 10.1. The molecule has 1 rings (SSSR count). The summed E-state index contributed by atoms with van der Waals surface area (Å²) in [5.74, 6) is 0.121. The molecule has 0 saturated carbocycles. The van der Waals surface area contributed by atoms with Crippen LogP contribution in [0.5, 0.6) is 0 Å². The third-order valence-corrected chi connectivity index (χ3v) is 2.81. The Morgan fingerprint density at radius 1 is 1.75 bits per heavy atom. The Morgan fingerprint density at radius 3 is 2.67 bits per heavy atom. The van der Waals surface area contributed by atoms with Gasteiger partial charge in [0.2, 0.25) is 5.91 Å². The minimum absolute atomic E-state index is 0.0124. The fourth-order valence-electron chi connectivity index (χ4n) is 1.33. The first-order chi connectivity index (χ1) is 5.47. The van der Waals surface area contributed by atoms with Crippen LogP contribution in [0.1, 0.15) is 20.3 Å². The van der Waals surface area contributed by atoms with Gasteiger partial charge in [-0.3, -0.25) is 4.79 Å². The number of rotatable bonds is 2. The van der Waals surface area contributed by atoms with Crippen LogP contribution in [0.3, 0.4) is 0 Å². The van der Waals surface area contributed by atoms with Crippen LogP contribution in [-0.4, -0.2) is 39.4 Å². The standard InChI is InChI=1S/C8H14BrNO2/c1-8(2,5-11)10-4-6(9)3-7(10)12/h6,11H,3-5H2,1-2H3. The molecule has 1 aliphatic rings. The van der Waals surface area contributed by atoms with E-state index < -0.39 is 5.54 Å². The number of nitrogens with zero attached hydrogens (tertiary/aromatic N) is 1. The van der Waals surface area contributed by atoms with Gasteiger partial charge in [0.15, 0.2) is 0 Å². The van der Waals surface area contributed by atoms with Crippen molar-refractivity contribution < 1.29 is 9.90 Å². The summed E-state index contributed by atoms with van der Waals surface area (Å²) in [7, 11) is 0. The number of hydrogen-bond acceptors (Lipinski definition) is 2. The number of aliphatic hydroxyl groups is 1. The van der Waals surface area contributed by atoms with Crippen LogP contribution in [0.25, 0.3) is 0 Å². The Kier molecular flexibility index (Phi) is 2.78. The van der Waals surface area contributed by atoms with Gasteiger partial charge < -0.3 is 10.0 Å². The Bertz CT molecular complexity index is 193. The molecule has 0 aromatic rings. The van der Waals surface area contributed by atoms with Crippen LogP contribution in [0, 0.1) is 0 Å². The number of hydrogen-bond donors (Lipinski definition) is 1. The normalized spacial score (nSPS) is 25.2. The van der Waals surface area contributed by atoms with Gasteiger partial charge in [-0.05, 0) is 13.8 Å². The van der Waals surface area contributed by atoms with Crippen molar-refractivity contribution in [3.63, 3.8) is 0 Å². The smallest absolute Gasteiger partial charge is 0.224 e. The van der Waals surface area contributed by atoms with Crippen molar-refractivity contribution >= 4 is 21.8 Å². The Hall–Kier alpha value is -0.0900. The Morgan fingerprint density at radius 2 is 2.33 bits per heavy atom. The summed E-state index contributed by atoms with van der Waals surface area (Å²) in [4.78, 5) is 13.3. The zero-order valence-electron chi connectivity index (χ0n) is 7.38. The molecule has 1 fully saturated rings. The van der Waals surface area contributed by atoms with Crippen LogP contribution in [-0.2, 0) is 4.79 Å². The van der Waals surface area contributed by atoms with Gasteiger partial charge in [-0.1, -0.05) is 15.9 Å². The van der Waals surface area contributed by atoms with Gasteiger partial charge in [0, 0.05) is 17.8 Å². The van der Waals surface area contributed by atoms with Crippen molar-refractivity contribution in [2.75, 3.05) is 13.2 Å². The molecule has 70 valence electrons. The molecule has 3 nitrogen and oxygen atoms in total. The van der Waals surface area contributed by atoms with Crippen LogP contribution in [0.2, 0.25) is 0 Å². The largest absolute Gasteiger partial charge is 0.394 e. The molecule has 4 heteroatoms. The molecule has 0 bridgehead atoms. The molecule has 1 atom stereocenters. The Balaban J connectivity index is 2.70. The lowest BCUT2D eigenvalue weighted by Crippen LogP contribution is -2.47. The van der Waals surface area contributed by atoms with E-state index in [1.54, 1.807) is 4.90 Å². The summed E-state index contributed by atoms with van der Waals surface area (Å²) in [6.07, 6.45) is 0.545. The first-order valence-corrected chi connectivity index (χ1v) is 4.94. The Labute approximate surface area is 80.9 Å². The highest BCUT2D eigenvalue weighted by Gasteiger charge is 2.37. The molecule has 1 aliphatic heterocycles. The molecular weight excluding hydrogens is 222 g/mol. The fourth-order valence-corrected chi connectivity index (χ4v) is 1.90. The molecule has 0 aromatic heterocycles. The molecule has 12 heavy (non-hydrogen) atoms. The van der Waals surface area contributed by atoms with Gasteiger partial charge in [-0.2, -0.15) is 0 Å². The number of alkyl halides is 1. The highest BCUT2D eigenvalue weighted by molar-refractivity contribution is 9.09. The monoisotopic (exact) mass is 235 g/mol. The number of likely N-dealkylation sites (tertiary alicyclic amines) is 1. The third-order valence-electron chi connectivity index (χ3n) is 2.20. The lowest BCUT2D eigenvalue weighted by Gasteiger charge is -2.33. The first kappa shape index (κ1) is 9.99. The predicted octanol–water partition coefficient (Wildman–Crippen LogP) is 0.753. The number of carbonyl (C=O) groups excluding carboxylic acids is 1. The zero-order valence-corrected chi connectivity index (χ0v) is 8.97. The zero-order chi connectivity index (χ0) is 9.35. The van der Waals surface area contributed by atoms with E-state index in [1.165, 1.54) is 0 Å². The minimum Gasteiger partial charge on any atom is -0.394 e. The van der Waals surface area contributed by atoms with E-state index in [2.05, 4.69) is 15.9 Å². The predicted molar refractivity (Wildman–Crippen MR) is 50.2 cm³/mol. The third kappa shape index (κ3) is 1.80. The molecule has 1 saturated heterocycles. The number of aliphatic hydroxyl groups excluding tert-OH is 1. The average molecular weight is 236 g/mol. The van der Waals surface area contributed by atoms with E-state index >= 15 is 0 Å². The summed E-state index contributed by atoms with van der Waals surface area (Å²) in [5, 5.41) is 9.05. The lowest BCUT2D eigenvalue weighted by molar-refractivity contribution is -0.133. The van der Waals surface area contributed by atoms with Gasteiger partial charge in [-0.25, -0.2) is 0 Å². The second-order valence-corrected chi connectivity index (χ2v) is 5.07. The van der Waals surface area contributed by atoms with Crippen molar-refractivity contribution in [2.45, 2.75) is 30.6 Å². The highest BCUT2D eigenvalue weighted by Crippen LogP contribution is 2.25. The van der Waals surface area contributed by atoms with Crippen molar-refractivity contribution in [1.82, 2.24) is 4.90 Å². The molecule has 0 aliphatic carbocycles. The van der Waals surface area contributed by atoms with Gasteiger partial charge in [-0.15, -0.1) is 0 Å². The van der Waals surface area contributed by atoms with Gasteiger partial charge >= 0.3 is 0 Å². The van der Waals surface area contributed by atoms with E-state index in [-0.39, 0.29) is 17.3 Å². The minimum atomic E-state index is -0.417. The maximum absolute atomic E-state index is 11.4. The quantitative estimate of drug-likeness (QED) is 0.719. The van der Waals surface area contributed by atoms with Crippen LogP contribution in [0.4, 0.5) is 0 Å². The molecule has 0 aromatic carbocycles. The van der Waals surface area contributed by atoms with E-state index in [0.29, 0.717) is 13.0 Å². The van der Waals surface area contributed by atoms with Crippen LogP contribution >= 0.6 is 15.9 Å². The number of halogens is 1. The van der Waals surface area contributed by atoms with Crippen molar-refractivity contribution in [1.29, 1.82) is 0 Å². The molecule has 1 N–H and O–H groups in total. The summed E-state index contributed by atoms with van der Waals surface area (Å²) in [5.41, 5.74) is -0.417. The number of carbonyl (C=O) groups is 1. The average Bonchev–Trinajstić information content (AvgIpc) is 2.31. The molecular formula is C8H14BrNO2. The van der Waals surface area contributed by atoms with E-state index in [9.17, 15) is 4.79 Å². The SMILES string of the molecule is CC(C)(CO)N1CC(Br)CC1=O. The second kappa shape index (κ2) is 3.34. The van der Waals surface area contributed by atoms with Gasteiger partial charge in [0.05, 0.1) is 12.1 Å². The summed E-state index contributed by atoms with van der Waals surface area (Å²) in [6.45, 7) is 4.46. The molecule has 1 amide bonds. The van der Waals surface area contributed by atoms with Crippen molar-refractivity contribution in [3.8, 4) is 0 Å². The maximum atomic E-state index is 11.4. The molecule has 0 spiro atoms. The van der Waals surface area contributed by atoms with E-state index in [4.69, 9.17) is 5.11 Å². The molecule has 1 heterocycles. The first-order valence-electron chi connectivity index (χ1n) is 4.03. The van der Waals surface area contributed by atoms with Crippen LogP contribution < -0.4 is 0 Å².